The minimum atomic E-state index is -1.24. The van der Waals surface area contributed by atoms with Crippen LogP contribution in [0.2, 0.25) is 0 Å². The zero-order valence-corrected chi connectivity index (χ0v) is 17.1. The van der Waals surface area contributed by atoms with Crippen LogP contribution in [0.15, 0.2) is 90.6 Å². The van der Waals surface area contributed by atoms with Crippen LogP contribution in [0.3, 0.4) is 0 Å². The molecule has 2 amide bonds. The molecular weight excluding hydrogens is 408 g/mol. The summed E-state index contributed by atoms with van der Waals surface area (Å²) in [5.41, 5.74) is 1.56. The number of carboxylic acid groups (broad SMARTS) is 1. The smallest absolute Gasteiger partial charge is 0.326 e. The standard InChI is InChI=1S/C25H22N2O5/c28-20-13-11-18(12-14-20)16-22(25(31)32)27-24(30)21(15-17-7-3-1-4-8-17)26-23(29)19-9-5-2-6-10-19/h1-15,22,28H,16H2,(H,26,29)(H,27,30)(H,31,32)/b21-15-/t22-/m0/s1. The topological polar surface area (TPSA) is 116 Å². The SMILES string of the molecule is O=C(N[C@@H](Cc1ccc(O)cc1)C(=O)O)/C(=C/c1ccccc1)NC(=O)c1ccccc1. The van der Waals surface area contributed by atoms with Crippen molar-refractivity contribution in [2.45, 2.75) is 12.5 Å². The number of carbonyl (C=O) groups excluding carboxylic acids is 2. The number of nitrogens with one attached hydrogen (secondary N) is 2. The van der Waals surface area contributed by atoms with E-state index in [1.165, 1.54) is 18.2 Å². The number of aliphatic carboxylic acids is 1. The third-order valence-electron chi connectivity index (χ3n) is 4.62. The van der Waals surface area contributed by atoms with Gasteiger partial charge in [-0.2, -0.15) is 0 Å². The van der Waals surface area contributed by atoms with E-state index in [9.17, 15) is 24.6 Å². The Balaban J connectivity index is 1.83. The van der Waals surface area contributed by atoms with Gasteiger partial charge in [-0.25, -0.2) is 4.79 Å². The third-order valence-corrected chi connectivity index (χ3v) is 4.62. The average molecular weight is 430 g/mol. The molecule has 3 aromatic carbocycles. The molecular formula is C25H22N2O5. The van der Waals surface area contributed by atoms with Gasteiger partial charge in [0.1, 0.15) is 17.5 Å². The maximum atomic E-state index is 13.0. The van der Waals surface area contributed by atoms with E-state index in [4.69, 9.17) is 0 Å². The number of carboxylic acids is 1. The minimum Gasteiger partial charge on any atom is -0.508 e. The van der Waals surface area contributed by atoms with Crippen molar-refractivity contribution in [3.63, 3.8) is 0 Å². The lowest BCUT2D eigenvalue weighted by atomic mass is 10.1. The number of hydrogen-bond acceptors (Lipinski definition) is 4. The van der Waals surface area contributed by atoms with Crippen LogP contribution in [0, 0.1) is 0 Å². The number of rotatable bonds is 8. The molecule has 0 bridgehead atoms. The van der Waals surface area contributed by atoms with Crippen molar-refractivity contribution in [3.8, 4) is 5.75 Å². The van der Waals surface area contributed by atoms with Crippen molar-refractivity contribution in [3.05, 3.63) is 107 Å². The quantitative estimate of drug-likeness (QED) is 0.410. The Morgan fingerprint density at radius 3 is 2.03 bits per heavy atom. The molecule has 3 aromatic rings. The molecule has 0 aliphatic rings. The normalized spacial score (nSPS) is 11.9. The van der Waals surface area contributed by atoms with Gasteiger partial charge < -0.3 is 20.8 Å². The van der Waals surface area contributed by atoms with Crippen LogP contribution in [0.5, 0.6) is 5.75 Å². The fourth-order valence-corrected chi connectivity index (χ4v) is 2.96. The van der Waals surface area contributed by atoms with Gasteiger partial charge in [0, 0.05) is 12.0 Å². The average Bonchev–Trinajstić information content (AvgIpc) is 2.80. The first-order valence-corrected chi connectivity index (χ1v) is 9.87. The van der Waals surface area contributed by atoms with Gasteiger partial charge in [-0.3, -0.25) is 9.59 Å². The molecule has 0 radical (unpaired) electrons. The van der Waals surface area contributed by atoms with Crippen molar-refractivity contribution < 1.29 is 24.6 Å². The lowest BCUT2D eigenvalue weighted by Crippen LogP contribution is -2.45. The molecule has 0 saturated carbocycles. The predicted octanol–water partition coefficient (Wildman–Crippen LogP) is 2.98. The van der Waals surface area contributed by atoms with Crippen LogP contribution in [0.1, 0.15) is 21.5 Å². The van der Waals surface area contributed by atoms with Gasteiger partial charge in [0.15, 0.2) is 0 Å². The summed E-state index contributed by atoms with van der Waals surface area (Å²) in [5, 5.41) is 24.1. The highest BCUT2D eigenvalue weighted by atomic mass is 16.4. The molecule has 0 saturated heterocycles. The zero-order valence-electron chi connectivity index (χ0n) is 17.1. The van der Waals surface area contributed by atoms with Crippen molar-refractivity contribution in [1.82, 2.24) is 10.6 Å². The van der Waals surface area contributed by atoms with Crippen LogP contribution in [-0.4, -0.2) is 34.0 Å². The maximum absolute atomic E-state index is 13.0. The van der Waals surface area contributed by atoms with Crippen LogP contribution < -0.4 is 10.6 Å². The predicted molar refractivity (Wildman–Crippen MR) is 120 cm³/mol. The Kier molecular flexibility index (Phi) is 7.37. The number of benzene rings is 3. The Labute approximate surface area is 185 Å². The van der Waals surface area contributed by atoms with Gasteiger partial charge in [0.2, 0.25) is 0 Å². The van der Waals surface area contributed by atoms with Crippen molar-refractivity contribution in [2.24, 2.45) is 0 Å². The van der Waals surface area contributed by atoms with E-state index in [1.54, 1.807) is 66.7 Å². The number of amides is 2. The third kappa shape index (κ3) is 6.30. The number of phenols is 1. The molecule has 7 nitrogen and oxygen atoms in total. The summed E-state index contributed by atoms with van der Waals surface area (Å²) in [7, 11) is 0. The Hall–Kier alpha value is -4.39. The first-order chi connectivity index (χ1) is 15.4. The summed E-state index contributed by atoms with van der Waals surface area (Å²) >= 11 is 0. The van der Waals surface area contributed by atoms with Crippen LogP contribution >= 0.6 is 0 Å². The molecule has 0 aliphatic carbocycles. The molecule has 7 heteroatoms. The van der Waals surface area contributed by atoms with Gasteiger partial charge in [0.05, 0.1) is 0 Å². The Bertz CT molecular complexity index is 1110. The largest absolute Gasteiger partial charge is 0.508 e. The van der Waals surface area contributed by atoms with Crippen molar-refractivity contribution >= 4 is 23.9 Å². The van der Waals surface area contributed by atoms with Crippen LogP contribution in [0.4, 0.5) is 0 Å². The summed E-state index contributed by atoms with van der Waals surface area (Å²) in [6, 6.07) is 22.1. The minimum absolute atomic E-state index is 0.00655. The second-order valence-corrected chi connectivity index (χ2v) is 7.02. The van der Waals surface area contributed by atoms with E-state index in [-0.39, 0.29) is 17.9 Å². The number of phenolic OH excluding ortho intramolecular Hbond substituents is 1. The van der Waals surface area contributed by atoms with Gasteiger partial charge in [-0.15, -0.1) is 0 Å². The van der Waals surface area contributed by atoms with E-state index < -0.39 is 23.8 Å². The molecule has 3 rings (SSSR count). The maximum Gasteiger partial charge on any atom is 0.326 e. The van der Waals surface area contributed by atoms with Crippen molar-refractivity contribution in [2.75, 3.05) is 0 Å². The lowest BCUT2D eigenvalue weighted by molar-refractivity contribution is -0.141. The van der Waals surface area contributed by atoms with Crippen LogP contribution in [-0.2, 0) is 16.0 Å². The van der Waals surface area contributed by atoms with Crippen molar-refractivity contribution in [1.29, 1.82) is 0 Å². The second kappa shape index (κ2) is 10.6. The summed E-state index contributed by atoms with van der Waals surface area (Å²) in [5.74, 6) is -2.39. The van der Waals surface area contributed by atoms with Crippen LogP contribution in [0.25, 0.3) is 6.08 Å². The summed E-state index contributed by atoms with van der Waals surface area (Å²) in [4.78, 5) is 37.4. The summed E-state index contributed by atoms with van der Waals surface area (Å²) in [6.07, 6.45) is 1.49. The molecule has 0 fully saturated rings. The molecule has 0 heterocycles. The fraction of sp³-hybridized carbons (Fsp3) is 0.0800. The molecule has 0 unspecified atom stereocenters. The number of carbonyl (C=O) groups is 3. The molecule has 32 heavy (non-hydrogen) atoms. The monoisotopic (exact) mass is 430 g/mol. The summed E-state index contributed by atoms with van der Waals surface area (Å²) < 4.78 is 0. The van der Waals surface area contributed by atoms with Gasteiger partial charge in [-0.1, -0.05) is 60.7 Å². The Morgan fingerprint density at radius 2 is 1.44 bits per heavy atom. The second-order valence-electron chi connectivity index (χ2n) is 7.02. The highest BCUT2D eigenvalue weighted by Gasteiger charge is 2.23. The van der Waals surface area contributed by atoms with Gasteiger partial charge in [-0.05, 0) is 41.5 Å². The molecule has 1 atom stereocenters. The molecule has 0 aromatic heterocycles. The first kappa shape index (κ1) is 22.3. The Morgan fingerprint density at radius 1 is 0.844 bits per heavy atom. The fourth-order valence-electron chi connectivity index (χ4n) is 2.96. The highest BCUT2D eigenvalue weighted by Crippen LogP contribution is 2.12. The highest BCUT2D eigenvalue weighted by molar-refractivity contribution is 6.06. The van der Waals surface area contributed by atoms with E-state index in [1.807, 2.05) is 6.07 Å². The lowest BCUT2D eigenvalue weighted by Gasteiger charge is -2.17. The van der Waals surface area contributed by atoms with Gasteiger partial charge >= 0.3 is 5.97 Å². The van der Waals surface area contributed by atoms with E-state index in [0.29, 0.717) is 16.7 Å². The van der Waals surface area contributed by atoms with E-state index in [0.717, 1.165) is 0 Å². The molecule has 4 N–H and O–H groups in total. The molecule has 162 valence electrons. The summed E-state index contributed by atoms with van der Waals surface area (Å²) in [6.45, 7) is 0. The molecule has 0 spiro atoms. The number of hydrogen-bond donors (Lipinski definition) is 4. The number of aromatic hydroxyl groups is 1. The van der Waals surface area contributed by atoms with E-state index in [2.05, 4.69) is 10.6 Å². The zero-order chi connectivity index (χ0) is 22.9. The first-order valence-electron chi connectivity index (χ1n) is 9.87. The van der Waals surface area contributed by atoms with E-state index >= 15 is 0 Å². The van der Waals surface area contributed by atoms with Gasteiger partial charge in [0.25, 0.3) is 11.8 Å². The molecule has 0 aliphatic heterocycles.